The average Bonchev–Trinajstić information content (AvgIpc) is 1.87. The summed E-state index contributed by atoms with van der Waals surface area (Å²) in [5, 5.41) is 26.0. The van der Waals surface area contributed by atoms with Crippen LogP contribution in [0, 0.1) is 0 Å². The minimum Gasteiger partial charge on any atom is -0.907 e. The largest absolute Gasteiger partial charge is 1.00 e. The van der Waals surface area contributed by atoms with E-state index in [1.165, 1.54) is 0 Å². The first-order valence-electron chi connectivity index (χ1n) is 2.81. The van der Waals surface area contributed by atoms with Gasteiger partial charge < -0.3 is 15.1 Å². The molecule has 0 fully saturated rings. The first-order chi connectivity index (χ1) is 5.13. The molecule has 3 nitrogen and oxygen atoms in total. The summed E-state index contributed by atoms with van der Waals surface area (Å²) in [4.78, 5) is 0. The zero-order valence-corrected chi connectivity index (χ0v) is 18.7. The molecule has 0 unspecified atom stereocenters. The first kappa shape index (κ1) is 26.8. The third-order valence-corrected chi connectivity index (χ3v) is 0.985. The predicted molar refractivity (Wildman–Crippen MR) is 37.2 cm³/mol. The summed E-state index contributed by atoms with van der Waals surface area (Å²) < 4.78 is 0. The van der Waals surface area contributed by atoms with Gasteiger partial charge in [-0.25, -0.2) is 0 Å². The van der Waals surface area contributed by atoms with Crippen LogP contribution in [-0.4, -0.2) is 7.32 Å². The molecule has 8 heteroatoms. The molecule has 0 N–H and O–H groups in total. The number of halogens is 1. The van der Waals surface area contributed by atoms with E-state index in [2.05, 4.69) is 0 Å². The molecule has 1 aromatic carbocycles. The van der Waals surface area contributed by atoms with Crippen molar-refractivity contribution in [2.75, 3.05) is 0 Å². The Morgan fingerprint density at radius 3 is 1.29 bits per heavy atom. The van der Waals surface area contributed by atoms with Crippen LogP contribution in [0.2, 0.25) is 5.02 Å². The Morgan fingerprint density at radius 2 is 1.14 bits per heavy atom. The van der Waals surface area contributed by atoms with E-state index < -0.39 is 7.32 Å². The molecule has 0 saturated carbocycles. The third-order valence-electron chi connectivity index (χ3n) is 0.733. The van der Waals surface area contributed by atoms with Gasteiger partial charge in [-0.15, -0.1) is 0 Å². The minimum absolute atomic E-state index is 0. The molecular weight excluding hydrogens is 284 g/mol. The monoisotopic (exact) mass is 288 g/mol. The fourth-order valence-corrected chi connectivity index (χ4v) is 0.560. The number of hydrogen-bond acceptors (Lipinski definition) is 3. The Morgan fingerprint density at radius 1 is 0.857 bits per heavy atom. The van der Waals surface area contributed by atoms with Gasteiger partial charge in [0.15, 0.2) is 0 Å². The summed E-state index contributed by atoms with van der Waals surface area (Å²) >= 11 is 5.54. The van der Waals surface area contributed by atoms with Crippen molar-refractivity contribution in [2.24, 2.45) is 0 Å². The van der Waals surface area contributed by atoms with E-state index in [4.69, 9.17) is 26.7 Å². The molecule has 0 aliphatic heterocycles. The summed E-state index contributed by atoms with van der Waals surface area (Å²) in [5.74, 6) is 0. The van der Waals surface area contributed by atoms with Crippen molar-refractivity contribution in [3.8, 4) is 0 Å². The molecule has 1 rings (SSSR count). The van der Waals surface area contributed by atoms with E-state index in [1.54, 1.807) is 0 Å². The molecule has 0 aliphatic carbocycles. The van der Waals surface area contributed by atoms with Crippen LogP contribution in [0.1, 0.15) is 0 Å². The Labute approximate surface area is 217 Å². The maximum atomic E-state index is 8.42. The van der Waals surface area contributed by atoms with Crippen LogP contribution in [0.5, 0.6) is 0 Å². The van der Waals surface area contributed by atoms with Gasteiger partial charge in [-0.1, -0.05) is 29.8 Å². The fraction of sp³-hybridized carbons (Fsp3) is 0. The van der Waals surface area contributed by atoms with Crippen molar-refractivity contribution in [3.05, 3.63) is 35.4 Å². The molecule has 0 aromatic heterocycles. The van der Waals surface area contributed by atoms with Crippen molar-refractivity contribution in [1.29, 1.82) is 0 Å². The van der Waals surface area contributed by atoms with E-state index in [1.807, 2.05) is 30.3 Å². The zero-order chi connectivity index (χ0) is 8.69. The summed E-state index contributed by atoms with van der Waals surface area (Å²) in [7, 11) is -2.92. The predicted octanol–water partition coefficient (Wildman–Crippen LogP) is -10.6. The quantitative estimate of drug-likeness (QED) is 0.445. The maximum absolute atomic E-state index is 8.42. The van der Waals surface area contributed by atoms with Crippen LogP contribution >= 0.6 is 11.6 Å². The van der Waals surface area contributed by atoms with Gasteiger partial charge in [0.2, 0.25) is 0 Å². The van der Waals surface area contributed by atoms with Crippen LogP contribution in [0.25, 0.3) is 0 Å². The van der Waals surface area contributed by atoms with Gasteiger partial charge in [0, 0.05) is 5.02 Å². The molecule has 0 bridgehead atoms. The van der Waals surface area contributed by atoms with E-state index in [9.17, 15) is 0 Å². The summed E-state index contributed by atoms with van der Waals surface area (Å²) in [6.45, 7) is 0. The Kier molecular flexibility index (Phi) is 37.8. The van der Waals surface area contributed by atoms with E-state index in [0.717, 1.165) is 5.02 Å². The Balaban J connectivity index is -0.0000000650. The SMILES string of the molecule is Clc1ccccc1.[K+].[K+].[K+].[O-]B([O-])[O-]. The zero-order valence-electron chi connectivity index (χ0n) is 8.57. The molecule has 0 heterocycles. The molecule has 14 heavy (non-hydrogen) atoms. The summed E-state index contributed by atoms with van der Waals surface area (Å²) in [6, 6.07) is 9.44. The third kappa shape index (κ3) is 25.3. The van der Waals surface area contributed by atoms with Crippen LogP contribution < -0.4 is 169 Å². The van der Waals surface area contributed by atoms with Crippen LogP contribution in [0.15, 0.2) is 30.3 Å². The molecule has 0 aliphatic rings. The van der Waals surface area contributed by atoms with E-state index in [0.29, 0.717) is 0 Å². The van der Waals surface area contributed by atoms with Crippen molar-refractivity contribution < 1.29 is 169 Å². The van der Waals surface area contributed by atoms with Crippen molar-refractivity contribution in [1.82, 2.24) is 0 Å². The average molecular weight is 289 g/mol. The first-order valence-corrected chi connectivity index (χ1v) is 3.18. The summed E-state index contributed by atoms with van der Waals surface area (Å²) in [5.41, 5.74) is 0. The van der Waals surface area contributed by atoms with Gasteiger partial charge in [-0.3, -0.25) is 7.32 Å². The Bertz CT molecular complexity index is 188. The van der Waals surface area contributed by atoms with Gasteiger partial charge in [0.25, 0.3) is 0 Å². The molecule has 1 aromatic rings. The standard InChI is InChI=1S/C6H5Cl.BO3.3K/c7-6-4-2-1-3-5-6;2-1(3)4;;;/h1-5H;;;;/q;-3;3*+1. The van der Waals surface area contributed by atoms with Gasteiger partial charge in [0.1, 0.15) is 0 Å². The van der Waals surface area contributed by atoms with E-state index >= 15 is 0 Å². The van der Waals surface area contributed by atoms with Gasteiger partial charge in [-0.2, -0.15) is 0 Å². The van der Waals surface area contributed by atoms with Crippen molar-refractivity contribution in [3.63, 3.8) is 0 Å². The minimum atomic E-state index is -2.92. The van der Waals surface area contributed by atoms with Crippen LogP contribution in [0.3, 0.4) is 0 Å². The molecular formula is C6H5BClK3O3. The number of rotatable bonds is 0. The maximum Gasteiger partial charge on any atom is 1.00 e. The molecule has 0 radical (unpaired) electrons. The molecule has 60 valence electrons. The van der Waals surface area contributed by atoms with Crippen LogP contribution in [0.4, 0.5) is 0 Å². The van der Waals surface area contributed by atoms with Crippen molar-refractivity contribution >= 4 is 18.9 Å². The van der Waals surface area contributed by atoms with Gasteiger partial charge in [-0.05, 0) is 12.1 Å². The van der Waals surface area contributed by atoms with Crippen molar-refractivity contribution in [2.45, 2.75) is 0 Å². The molecule has 0 amide bonds. The topological polar surface area (TPSA) is 69.2 Å². The smallest absolute Gasteiger partial charge is 0.907 e. The molecule has 0 saturated heterocycles. The second kappa shape index (κ2) is 19.7. The fourth-order valence-electron chi connectivity index (χ4n) is 0.415. The second-order valence-corrected chi connectivity index (χ2v) is 2.02. The van der Waals surface area contributed by atoms with E-state index in [-0.39, 0.29) is 154 Å². The number of benzene rings is 1. The van der Waals surface area contributed by atoms with Gasteiger partial charge >= 0.3 is 154 Å². The molecule has 0 atom stereocenters. The number of hydrogen-bond donors (Lipinski definition) is 0. The molecule has 0 spiro atoms. The second-order valence-electron chi connectivity index (χ2n) is 1.58. The van der Waals surface area contributed by atoms with Crippen LogP contribution in [-0.2, 0) is 0 Å². The summed E-state index contributed by atoms with van der Waals surface area (Å²) in [6.07, 6.45) is 0. The Hall–Kier alpha value is 4.36. The van der Waals surface area contributed by atoms with Gasteiger partial charge in [0.05, 0.1) is 0 Å². The normalized spacial score (nSPS) is 6.29.